The summed E-state index contributed by atoms with van der Waals surface area (Å²) in [6, 6.07) is -4.93. The molecular formula is C27H45N3O19. The highest BCUT2D eigenvalue weighted by atomic mass is 16.8. The number of carbonyl (C=O) groups excluding carboxylic acids is 3. The van der Waals surface area contributed by atoms with Gasteiger partial charge in [0.05, 0.1) is 32.0 Å². The zero-order valence-electron chi connectivity index (χ0n) is 26.6. The highest BCUT2D eigenvalue weighted by molar-refractivity contribution is 5.77. The number of ether oxygens (including phenoxy) is 5. The highest BCUT2D eigenvalue weighted by Crippen LogP contribution is 2.38. The number of aliphatic hydroxyl groups excluding tert-OH is 9. The summed E-state index contributed by atoms with van der Waals surface area (Å²) in [6.07, 6.45) is -23.5. The Morgan fingerprint density at radius 3 is 1.86 bits per heavy atom. The lowest BCUT2D eigenvalue weighted by molar-refractivity contribution is -0.372. The van der Waals surface area contributed by atoms with Crippen LogP contribution in [0.5, 0.6) is 0 Å². The molecule has 0 spiro atoms. The fourth-order valence-electron chi connectivity index (χ4n) is 5.97. The van der Waals surface area contributed by atoms with Gasteiger partial charge in [0.2, 0.25) is 17.7 Å². The van der Waals surface area contributed by atoms with Crippen molar-refractivity contribution in [2.75, 3.05) is 19.8 Å². The largest absolute Gasteiger partial charge is 0.477 e. The van der Waals surface area contributed by atoms with Crippen molar-refractivity contribution in [2.24, 2.45) is 0 Å². The number of carboxylic acids is 1. The molecule has 3 heterocycles. The van der Waals surface area contributed by atoms with Gasteiger partial charge in [-0.05, 0) is 0 Å². The van der Waals surface area contributed by atoms with Crippen LogP contribution in [-0.2, 0) is 42.9 Å². The van der Waals surface area contributed by atoms with Crippen LogP contribution in [0.4, 0.5) is 0 Å². The molecule has 0 aliphatic carbocycles. The monoisotopic (exact) mass is 715 g/mol. The minimum atomic E-state index is -3.07. The van der Waals surface area contributed by atoms with E-state index in [1.54, 1.807) is 0 Å². The van der Waals surface area contributed by atoms with Crippen LogP contribution in [0.2, 0.25) is 0 Å². The van der Waals surface area contributed by atoms with Gasteiger partial charge in [-0.25, -0.2) is 4.79 Å². The maximum Gasteiger partial charge on any atom is 0.364 e. The topological polar surface area (TPSA) is 353 Å². The van der Waals surface area contributed by atoms with Gasteiger partial charge in [0.25, 0.3) is 5.79 Å². The molecule has 16 atom stereocenters. The SMILES string of the molecule is CC(=O)N[C@@H]1[C@@H](O[C@]2(C(=O)O)C[C@H](O)[C@@H](NC(C)=O)[C@H]([C@H](O)[C@H](O)CO)O2)[C@@H](O[C@@H]2O[C@H](CO)[C@H](O)[C@H](O)[C@H]2NC(C)=O)[C@@H](CO)O[C@@H]1O. The molecule has 0 bridgehead atoms. The maximum absolute atomic E-state index is 13.0. The van der Waals surface area contributed by atoms with Crippen LogP contribution in [0.15, 0.2) is 0 Å². The fourth-order valence-corrected chi connectivity index (χ4v) is 5.97. The van der Waals surface area contributed by atoms with E-state index >= 15 is 0 Å². The minimum Gasteiger partial charge on any atom is -0.477 e. The van der Waals surface area contributed by atoms with Crippen LogP contribution in [0.3, 0.4) is 0 Å². The van der Waals surface area contributed by atoms with Crippen molar-refractivity contribution in [3.63, 3.8) is 0 Å². The Morgan fingerprint density at radius 2 is 1.35 bits per heavy atom. The van der Waals surface area contributed by atoms with Gasteiger partial charge in [0, 0.05) is 27.2 Å². The lowest BCUT2D eigenvalue weighted by Crippen LogP contribution is -2.73. The molecule has 282 valence electrons. The number of carboxylic acid groups (broad SMARTS) is 1. The Hall–Kier alpha value is -2.68. The van der Waals surface area contributed by atoms with Crippen LogP contribution in [0.25, 0.3) is 0 Å². The van der Waals surface area contributed by atoms with E-state index in [4.69, 9.17) is 23.7 Å². The van der Waals surface area contributed by atoms with Crippen LogP contribution in [0, 0.1) is 0 Å². The standard InChI is InChI=1S/C27H45N3O19/c1-8(34)28-15-11(37)4-27(26(43)44,48-22(15)18(39)12(38)5-31)49-23-17(30-10(3)36)24(42)45-14(7-33)21(23)47-25-16(29-9(2)35)20(41)19(40)13(6-32)46-25/h11-25,31-33,37-42H,4-7H2,1-3H3,(H,28,34)(H,29,35)(H,30,36)(H,43,44)/t11-,12+,13+,14+,15+,16+,17+,18+,19-,20+,21-,22+,23+,24-,25-,27-/m0/s1. The second kappa shape index (κ2) is 17.0. The van der Waals surface area contributed by atoms with Crippen molar-refractivity contribution < 1.29 is 93.9 Å². The predicted molar refractivity (Wildman–Crippen MR) is 153 cm³/mol. The molecule has 0 saturated carbocycles. The number of carbonyl (C=O) groups is 4. The molecule has 49 heavy (non-hydrogen) atoms. The number of aliphatic hydroxyl groups is 9. The van der Waals surface area contributed by atoms with Crippen molar-refractivity contribution >= 4 is 23.7 Å². The molecule has 3 aliphatic rings. The molecule has 3 fully saturated rings. The lowest BCUT2D eigenvalue weighted by Gasteiger charge is -2.52. The van der Waals surface area contributed by atoms with Gasteiger partial charge < -0.3 is 90.7 Å². The number of hydrogen-bond acceptors (Lipinski definition) is 18. The number of hydrogen-bond donors (Lipinski definition) is 13. The van der Waals surface area contributed by atoms with E-state index in [2.05, 4.69) is 16.0 Å². The van der Waals surface area contributed by atoms with E-state index in [9.17, 15) is 70.2 Å². The summed E-state index contributed by atoms with van der Waals surface area (Å²) >= 11 is 0. The lowest BCUT2D eigenvalue weighted by atomic mass is 9.88. The van der Waals surface area contributed by atoms with Crippen LogP contribution >= 0.6 is 0 Å². The Morgan fingerprint density at radius 1 is 0.796 bits per heavy atom. The van der Waals surface area contributed by atoms with Gasteiger partial charge in [0.1, 0.15) is 67.0 Å². The van der Waals surface area contributed by atoms with E-state index in [-0.39, 0.29) is 0 Å². The third-order valence-corrected chi connectivity index (χ3v) is 8.27. The molecule has 0 aromatic heterocycles. The average Bonchev–Trinajstić information content (AvgIpc) is 3.02. The molecule has 3 rings (SSSR count). The van der Waals surface area contributed by atoms with Crippen LogP contribution < -0.4 is 16.0 Å². The summed E-state index contributed by atoms with van der Waals surface area (Å²) in [6.45, 7) is 0.174. The summed E-state index contributed by atoms with van der Waals surface area (Å²) in [5.74, 6) is -7.38. The molecule has 0 unspecified atom stereocenters. The van der Waals surface area contributed by atoms with E-state index in [0.29, 0.717) is 0 Å². The molecule has 13 N–H and O–H groups in total. The smallest absolute Gasteiger partial charge is 0.364 e. The van der Waals surface area contributed by atoms with E-state index < -0.39 is 147 Å². The van der Waals surface area contributed by atoms with Crippen molar-refractivity contribution in [3.05, 3.63) is 0 Å². The summed E-state index contributed by atoms with van der Waals surface area (Å²) in [5, 5.41) is 111. The van der Waals surface area contributed by atoms with Gasteiger partial charge in [-0.15, -0.1) is 0 Å². The molecule has 0 aromatic carbocycles. The predicted octanol–water partition coefficient (Wildman–Crippen LogP) is -7.94. The van der Waals surface area contributed by atoms with Crippen molar-refractivity contribution in [3.8, 4) is 0 Å². The van der Waals surface area contributed by atoms with E-state index in [0.717, 1.165) is 20.8 Å². The molecule has 0 radical (unpaired) electrons. The van der Waals surface area contributed by atoms with Gasteiger partial charge >= 0.3 is 5.97 Å². The molecule has 22 heteroatoms. The van der Waals surface area contributed by atoms with Crippen molar-refractivity contribution in [2.45, 2.75) is 125 Å². The molecule has 0 aromatic rings. The van der Waals surface area contributed by atoms with Gasteiger partial charge in [-0.1, -0.05) is 0 Å². The molecule has 22 nitrogen and oxygen atoms in total. The number of aliphatic carboxylic acids is 1. The number of nitrogens with one attached hydrogen (secondary N) is 3. The zero-order chi connectivity index (χ0) is 37.0. The first kappa shape index (κ1) is 40.7. The van der Waals surface area contributed by atoms with Gasteiger partial charge in [-0.3, -0.25) is 14.4 Å². The second-order valence-corrected chi connectivity index (χ2v) is 12.0. The van der Waals surface area contributed by atoms with Crippen LogP contribution in [0.1, 0.15) is 27.2 Å². The average molecular weight is 716 g/mol. The summed E-state index contributed by atoms with van der Waals surface area (Å²) in [7, 11) is 0. The van der Waals surface area contributed by atoms with E-state index in [1.165, 1.54) is 0 Å². The molecular weight excluding hydrogens is 670 g/mol. The Bertz CT molecular complexity index is 1170. The normalized spacial score (nSPS) is 40.9. The van der Waals surface area contributed by atoms with Gasteiger partial charge in [0.15, 0.2) is 12.6 Å². The first-order valence-corrected chi connectivity index (χ1v) is 15.2. The van der Waals surface area contributed by atoms with Crippen molar-refractivity contribution in [1.29, 1.82) is 0 Å². The summed E-state index contributed by atoms with van der Waals surface area (Å²) < 4.78 is 28.6. The molecule has 3 saturated heterocycles. The molecule has 3 amide bonds. The first-order chi connectivity index (χ1) is 22.9. The summed E-state index contributed by atoms with van der Waals surface area (Å²) in [4.78, 5) is 49.1. The Kier molecular flexibility index (Phi) is 14.2. The quantitative estimate of drug-likeness (QED) is 0.0842. The van der Waals surface area contributed by atoms with Gasteiger partial charge in [-0.2, -0.15) is 0 Å². The Labute approximate surface area is 278 Å². The minimum absolute atomic E-state index is 0.744. The fraction of sp³-hybridized carbons (Fsp3) is 0.852. The Balaban J connectivity index is 2.14. The van der Waals surface area contributed by atoms with Crippen LogP contribution in [-0.4, -0.2) is 192 Å². The first-order valence-electron chi connectivity index (χ1n) is 15.2. The van der Waals surface area contributed by atoms with Crippen molar-refractivity contribution in [1.82, 2.24) is 16.0 Å². The zero-order valence-corrected chi connectivity index (χ0v) is 26.6. The third kappa shape index (κ3) is 9.17. The number of amides is 3. The highest BCUT2D eigenvalue weighted by Gasteiger charge is 2.60. The maximum atomic E-state index is 13.0. The molecule has 3 aliphatic heterocycles. The third-order valence-electron chi connectivity index (χ3n) is 8.27. The van der Waals surface area contributed by atoms with E-state index in [1.807, 2.05) is 0 Å². The second-order valence-electron chi connectivity index (χ2n) is 12.0. The number of rotatable bonds is 13. The summed E-state index contributed by atoms with van der Waals surface area (Å²) in [5.41, 5.74) is 0.